The Kier molecular flexibility index (Phi) is 7.36. The lowest BCUT2D eigenvalue weighted by atomic mass is 10.1. The number of aromatic nitrogens is 1. The molecule has 10 heteroatoms. The van der Waals surface area contributed by atoms with Crippen LogP contribution in [-0.2, 0) is 19.4 Å². The van der Waals surface area contributed by atoms with Crippen LogP contribution in [0.5, 0.6) is 0 Å². The number of hydrogen-bond acceptors (Lipinski definition) is 7. The van der Waals surface area contributed by atoms with Crippen LogP contribution in [0.25, 0.3) is 0 Å². The number of carbonyl (C=O) groups is 2. The third kappa shape index (κ3) is 5.58. The van der Waals surface area contributed by atoms with Gasteiger partial charge in [-0.05, 0) is 24.3 Å². The van der Waals surface area contributed by atoms with Crippen LogP contribution in [0.15, 0.2) is 59.8 Å². The summed E-state index contributed by atoms with van der Waals surface area (Å²) in [5.41, 5.74) is 0.477. The fourth-order valence-electron chi connectivity index (χ4n) is 4.15. The number of sulfone groups is 1. The van der Waals surface area contributed by atoms with E-state index in [0.717, 1.165) is 0 Å². The van der Waals surface area contributed by atoms with Crippen LogP contribution < -0.4 is 0 Å². The number of hydrogen-bond donors (Lipinski definition) is 0. The Balaban J connectivity index is 1.49. The van der Waals surface area contributed by atoms with Gasteiger partial charge in [-0.15, -0.1) is 0 Å². The van der Waals surface area contributed by atoms with Gasteiger partial charge in [0.2, 0.25) is 5.91 Å². The SMILES string of the molecule is O=C(C1CN(CCS(=O)(=O)c2ccccc2)CCN1C(=O)c1ccncc1)N1CCOCC1. The van der Waals surface area contributed by atoms with Gasteiger partial charge in [0.25, 0.3) is 5.91 Å². The Hall–Kier alpha value is -2.82. The van der Waals surface area contributed by atoms with Crippen LogP contribution in [0, 0.1) is 0 Å². The average molecular weight is 473 g/mol. The minimum absolute atomic E-state index is 0.0478. The van der Waals surface area contributed by atoms with Crippen LogP contribution in [0.1, 0.15) is 10.4 Å². The van der Waals surface area contributed by atoms with Gasteiger partial charge in [-0.1, -0.05) is 18.2 Å². The zero-order valence-electron chi connectivity index (χ0n) is 18.4. The maximum Gasteiger partial charge on any atom is 0.254 e. The van der Waals surface area contributed by atoms with E-state index in [1.54, 1.807) is 64.7 Å². The summed E-state index contributed by atoms with van der Waals surface area (Å²) in [5.74, 6) is -0.398. The molecule has 0 aliphatic carbocycles. The number of rotatable bonds is 6. The van der Waals surface area contributed by atoms with E-state index in [9.17, 15) is 18.0 Å². The van der Waals surface area contributed by atoms with Gasteiger partial charge < -0.3 is 14.5 Å². The molecule has 33 heavy (non-hydrogen) atoms. The Bertz CT molecular complexity index is 1060. The van der Waals surface area contributed by atoms with Gasteiger partial charge in [0, 0.05) is 57.2 Å². The van der Waals surface area contributed by atoms with Gasteiger partial charge in [-0.3, -0.25) is 19.5 Å². The molecule has 2 fully saturated rings. The molecule has 176 valence electrons. The van der Waals surface area contributed by atoms with Crippen LogP contribution in [-0.4, -0.2) is 104 Å². The van der Waals surface area contributed by atoms with E-state index in [2.05, 4.69) is 4.98 Å². The molecule has 0 radical (unpaired) electrons. The Morgan fingerprint density at radius 3 is 2.36 bits per heavy atom. The highest BCUT2D eigenvalue weighted by atomic mass is 32.2. The van der Waals surface area contributed by atoms with E-state index in [-0.39, 0.29) is 29.0 Å². The van der Waals surface area contributed by atoms with E-state index in [0.29, 0.717) is 51.5 Å². The lowest BCUT2D eigenvalue weighted by Gasteiger charge is -2.43. The number of ether oxygens (including phenoxy) is 1. The quantitative estimate of drug-likeness (QED) is 0.605. The van der Waals surface area contributed by atoms with E-state index >= 15 is 0 Å². The molecule has 2 amide bonds. The largest absolute Gasteiger partial charge is 0.378 e. The van der Waals surface area contributed by atoms with Crippen molar-refractivity contribution in [2.75, 3.05) is 58.2 Å². The summed E-state index contributed by atoms with van der Waals surface area (Å²) in [7, 11) is -3.43. The Morgan fingerprint density at radius 1 is 0.970 bits per heavy atom. The first-order valence-corrected chi connectivity index (χ1v) is 12.7. The third-order valence-corrected chi connectivity index (χ3v) is 7.75. The molecule has 2 aromatic rings. The minimum Gasteiger partial charge on any atom is -0.378 e. The fraction of sp³-hybridized carbons (Fsp3) is 0.435. The molecule has 4 rings (SSSR count). The summed E-state index contributed by atoms with van der Waals surface area (Å²) < 4.78 is 30.8. The summed E-state index contributed by atoms with van der Waals surface area (Å²) in [6, 6.07) is 10.9. The van der Waals surface area contributed by atoms with Crippen molar-refractivity contribution in [2.45, 2.75) is 10.9 Å². The zero-order chi connectivity index (χ0) is 23.3. The van der Waals surface area contributed by atoms with Crippen molar-refractivity contribution in [1.29, 1.82) is 0 Å². The molecule has 0 bridgehead atoms. The molecular formula is C23H28N4O5S. The molecule has 2 aliphatic rings. The first-order chi connectivity index (χ1) is 16.0. The van der Waals surface area contributed by atoms with Crippen molar-refractivity contribution >= 4 is 21.7 Å². The van der Waals surface area contributed by atoms with Gasteiger partial charge in [0.1, 0.15) is 6.04 Å². The van der Waals surface area contributed by atoms with Crippen molar-refractivity contribution in [3.8, 4) is 0 Å². The summed E-state index contributed by atoms with van der Waals surface area (Å²) in [6.07, 6.45) is 3.10. The molecule has 1 aromatic carbocycles. The lowest BCUT2D eigenvalue weighted by Crippen LogP contribution is -2.62. The molecule has 1 atom stereocenters. The first-order valence-electron chi connectivity index (χ1n) is 11.0. The highest BCUT2D eigenvalue weighted by Crippen LogP contribution is 2.18. The molecule has 9 nitrogen and oxygen atoms in total. The number of benzene rings is 1. The summed E-state index contributed by atoms with van der Waals surface area (Å²) in [4.78, 5) is 36.1. The first kappa shape index (κ1) is 23.3. The van der Waals surface area contributed by atoms with Crippen LogP contribution >= 0.6 is 0 Å². The molecule has 1 aromatic heterocycles. The molecule has 0 N–H and O–H groups in total. The summed E-state index contributed by atoms with van der Waals surface area (Å²) in [5, 5.41) is 0. The summed E-state index contributed by atoms with van der Waals surface area (Å²) >= 11 is 0. The van der Waals surface area contributed by atoms with Gasteiger partial charge in [0.05, 0.1) is 23.9 Å². The smallest absolute Gasteiger partial charge is 0.254 e. The number of amides is 2. The second-order valence-electron chi connectivity index (χ2n) is 8.12. The number of morpholine rings is 1. The van der Waals surface area contributed by atoms with Crippen LogP contribution in [0.3, 0.4) is 0 Å². The predicted octanol–water partition coefficient (Wildman–Crippen LogP) is 0.541. The monoisotopic (exact) mass is 472 g/mol. The molecule has 0 spiro atoms. The van der Waals surface area contributed by atoms with Crippen LogP contribution in [0.4, 0.5) is 0 Å². The zero-order valence-corrected chi connectivity index (χ0v) is 19.2. The third-order valence-electron chi connectivity index (χ3n) is 6.04. The maximum absolute atomic E-state index is 13.4. The number of pyridine rings is 1. The molecule has 2 aliphatic heterocycles. The predicted molar refractivity (Wildman–Crippen MR) is 121 cm³/mol. The van der Waals surface area contributed by atoms with Crippen LogP contribution in [0.2, 0.25) is 0 Å². The highest BCUT2D eigenvalue weighted by molar-refractivity contribution is 7.91. The van der Waals surface area contributed by atoms with E-state index < -0.39 is 15.9 Å². The standard InChI is InChI=1S/C23H28N4O5S/c28-22(19-6-8-24-9-7-19)27-11-10-25(14-17-33(30,31)20-4-2-1-3-5-20)18-21(27)23(29)26-12-15-32-16-13-26/h1-9,21H,10-18H2. The number of nitrogens with zero attached hydrogens (tertiary/aromatic N) is 4. The van der Waals surface area contributed by atoms with Gasteiger partial charge in [-0.2, -0.15) is 0 Å². The second-order valence-corrected chi connectivity index (χ2v) is 10.2. The van der Waals surface area contributed by atoms with E-state index in [1.165, 1.54) is 0 Å². The molecule has 1 unspecified atom stereocenters. The van der Waals surface area contributed by atoms with E-state index in [4.69, 9.17) is 4.74 Å². The molecule has 2 saturated heterocycles. The lowest BCUT2D eigenvalue weighted by molar-refractivity contribution is -0.142. The van der Waals surface area contributed by atoms with Gasteiger partial charge in [0.15, 0.2) is 9.84 Å². The molecule has 0 saturated carbocycles. The Labute approximate surface area is 193 Å². The normalized spacial score (nSPS) is 19.9. The van der Waals surface area contributed by atoms with Crippen molar-refractivity contribution < 1.29 is 22.7 Å². The second kappa shape index (κ2) is 10.4. The molecular weight excluding hydrogens is 444 g/mol. The molecule has 3 heterocycles. The average Bonchev–Trinajstić information content (AvgIpc) is 2.88. The van der Waals surface area contributed by atoms with Gasteiger partial charge >= 0.3 is 0 Å². The summed E-state index contributed by atoms with van der Waals surface area (Å²) in [6.45, 7) is 3.32. The number of piperazine rings is 1. The van der Waals surface area contributed by atoms with Crippen molar-refractivity contribution in [2.24, 2.45) is 0 Å². The van der Waals surface area contributed by atoms with Gasteiger partial charge in [-0.25, -0.2) is 8.42 Å². The highest BCUT2D eigenvalue weighted by Gasteiger charge is 2.38. The fourth-order valence-corrected chi connectivity index (χ4v) is 5.45. The Morgan fingerprint density at radius 2 is 1.67 bits per heavy atom. The van der Waals surface area contributed by atoms with Crippen molar-refractivity contribution in [1.82, 2.24) is 19.7 Å². The number of carbonyl (C=O) groups excluding carboxylic acids is 2. The minimum atomic E-state index is -3.43. The topological polar surface area (TPSA) is 100 Å². The maximum atomic E-state index is 13.4. The van der Waals surface area contributed by atoms with E-state index in [1.807, 2.05) is 4.90 Å². The van der Waals surface area contributed by atoms with Crippen molar-refractivity contribution in [3.63, 3.8) is 0 Å². The van der Waals surface area contributed by atoms with Crippen molar-refractivity contribution in [3.05, 3.63) is 60.4 Å².